The first-order valence-electron chi connectivity index (χ1n) is 3.26. The molecule has 0 aliphatic heterocycles. The average molecular weight is 180 g/mol. The minimum absolute atomic E-state index is 0.210. The number of aldehydes is 1. The summed E-state index contributed by atoms with van der Waals surface area (Å²) in [5.41, 5.74) is 0.490. The predicted molar refractivity (Wildman–Crippen MR) is 47.0 cm³/mol. The van der Waals surface area contributed by atoms with E-state index in [4.69, 9.17) is 12.6 Å². The van der Waals surface area contributed by atoms with Crippen LogP contribution in [0.3, 0.4) is 0 Å². The third-order valence-corrected chi connectivity index (χ3v) is 1.61. The maximum atomic E-state index is 10.6. The summed E-state index contributed by atoms with van der Waals surface area (Å²) in [6.07, 6.45) is 0.210. The molecule has 0 fully saturated rings. The lowest BCUT2D eigenvalue weighted by atomic mass is 10.3. The molecule has 0 atom stereocenters. The van der Waals surface area contributed by atoms with Gasteiger partial charge in [0.05, 0.1) is 10.6 Å². The lowest BCUT2D eigenvalue weighted by Gasteiger charge is -2.01. The van der Waals surface area contributed by atoms with E-state index in [2.05, 4.69) is 5.32 Å². The van der Waals surface area contributed by atoms with Crippen LogP contribution in [0.25, 0.3) is 0 Å². The van der Waals surface area contributed by atoms with Gasteiger partial charge in [-0.25, -0.2) is 0 Å². The van der Waals surface area contributed by atoms with Crippen molar-refractivity contribution in [2.75, 3.05) is 5.32 Å². The minimum Gasteiger partial charge on any atom is -0.318 e. The van der Waals surface area contributed by atoms with Crippen LogP contribution in [0, 0.1) is 0 Å². The average Bonchev–Trinajstić information content (AvgIpc) is 2.09. The third kappa shape index (κ3) is 2.03. The van der Waals surface area contributed by atoms with Crippen molar-refractivity contribution in [2.45, 2.75) is 4.90 Å². The van der Waals surface area contributed by atoms with Crippen molar-refractivity contribution in [1.29, 1.82) is 0 Å². The molecule has 0 aromatic heterocycles. The van der Waals surface area contributed by atoms with E-state index < -0.39 is 5.91 Å². The summed E-state index contributed by atoms with van der Waals surface area (Å²) in [6, 6.07) is 6.81. The molecule has 0 unspecified atom stereocenters. The molecule has 1 amide bonds. The number of hydrogen-bond donors (Lipinski definition) is 1. The van der Waals surface area contributed by atoms with Crippen molar-refractivity contribution in [3.63, 3.8) is 0 Å². The van der Waals surface area contributed by atoms with Gasteiger partial charge in [0.2, 0.25) is 6.29 Å². The van der Waals surface area contributed by atoms with E-state index in [0.29, 0.717) is 10.6 Å². The van der Waals surface area contributed by atoms with Crippen LogP contribution >= 0.6 is 12.6 Å². The van der Waals surface area contributed by atoms with Crippen molar-refractivity contribution in [1.82, 2.24) is 0 Å². The second-order valence-electron chi connectivity index (χ2n) is 2.10. The van der Waals surface area contributed by atoms with E-state index >= 15 is 0 Å². The highest BCUT2D eigenvalue weighted by molar-refractivity contribution is 7.80. The first-order chi connectivity index (χ1) is 5.74. The number of amides is 1. The Morgan fingerprint density at radius 2 is 2.08 bits per heavy atom. The van der Waals surface area contributed by atoms with Gasteiger partial charge in [-0.3, -0.25) is 9.59 Å². The lowest BCUT2D eigenvalue weighted by molar-refractivity contribution is -0.127. The zero-order valence-corrected chi connectivity index (χ0v) is 6.93. The fourth-order valence-corrected chi connectivity index (χ4v) is 0.930. The van der Waals surface area contributed by atoms with E-state index in [1.165, 1.54) is 0 Å². The molecule has 0 spiro atoms. The topological polar surface area (TPSA) is 46.2 Å². The van der Waals surface area contributed by atoms with Crippen LogP contribution in [0.1, 0.15) is 0 Å². The molecular weight excluding hydrogens is 174 g/mol. The van der Waals surface area contributed by atoms with Gasteiger partial charge in [0.15, 0.2) is 0 Å². The summed E-state index contributed by atoms with van der Waals surface area (Å²) in [6.45, 7) is 0. The minimum atomic E-state index is -0.688. The molecule has 0 aliphatic carbocycles. The Morgan fingerprint density at radius 1 is 1.42 bits per heavy atom. The molecule has 3 nitrogen and oxygen atoms in total. The fourth-order valence-electron chi connectivity index (χ4n) is 0.732. The Balaban J connectivity index is 2.82. The van der Waals surface area contributed by atoms with Crippen molar-refractivity contribution < 1.29 is 9.59 Å². The highest BCUT2D eigenvalue weighted by Crippen LogP contribution is 2.17. The van der Waals surface area contributed by atoms with Crippen LogP contribution in [0.5, 0.6) is 0 Å². The SMILES string of the molecule is O=CC(=O)Nc1ccccc1[S]. The molecule has 0 saturated carbocycles. The molecule has 0 aliphatic rings. The van der Waals surface area contributed by atoms with Crippen molar-refractivity contribution in [2.24, 2.45) is 0 Å². The van der Waals surface area contributed by atoms with Gasteiger partial charge in [0, 0.05) is 0 Å². The number of hydrogen-bond acceptors (Lipinski definition) is 2. The smallest absolute Gasteiger partial charge is 0.288 e. The Morgan fingerprint density at radius 3 is 2.67 bits per heavy atom. The number of carbonyl (C=O) groups is 2. The fraction of sp³-hybridized carbons (Fsp3) is 0. The van der Waals surface area contributed by atoms with E-state index in [1.54, 1.807) is 24.3 Å². The van der Waals surface area contributed by atoms with Crippen LogP contribution in [0.2, 0.25) is 0 Å². The van der Waals surface area contributed by atoms with Crippen molar-refractivity contribution >= 4 is 30.5 Å². The molecule has 1 N–H and O–H groups in total. The summed E-state index contributed by atoms with van der Waals surface area (Å²) in [5.74, 6) is -0.688. The summed E-state index contributed by atoms with van der Waals surface area (Å²) in [5, 5.41) is 2.35. The Hall–Kier alpha value is -1.42. The maximum Gasteiger partial charge on any atom is 0.288 e. The third-order valence-electron chi connectivity index (χ3n) is 1.25. The predicted octanol–water partition coefficient (Wildman–Crippen LogP) is 1.38. The summed E-state index contributed by atoms with van der Waals surface area (Å²) >= 11 is 4.89. The van der Waals surface area contributed by atoms with Gasteiger partial charge < -0.3 is 5.32 Å². The number of carbonyl (C=O) groups excluding carboxylic acids is 2. The molecule has 0 heterocycles. The summed E-state index contributed by atoms with van der Waals surface area (Å²) in [4.78, 5) is 21.1. The zero-order chi connectivity index (χ0) is 8.97. The molecule has 12 heavy (non-hydrogen) atoms. The second kappa shape index (κ2) is 3.82. The monoisotopic (exact) mass is 180 g/mol. The molecule has 0 saturated heterocycles. The molecule has 4 heteroatoms. The van der Waals surface area contributed by atoms with E-state index in [1.807, 2.05) is 0 Å². The molecular formula is C8H6NO2S. The first kappa shape index (κ1) is 8.67. The quantitative estimate of drug-likeness (QED) is 0.552. The van der Waals surface area contributed by atoms with Crippen LogP contribution < -0.4 is 5.32 Å². The number of anilines is 1. The van der Waals surface area contributed by atoms with E-state index in [-0.39, 0.29) is 6.29 Å². The Kier molecular flexibility index (Phi) is 2.76. The zero-order valence-electron chi connectivity index (χ0n) is 6.11. The summed E-state index contributed by atoms with van der Waals surface area (Å²) in [7, 11) is 0. The molecule has 1 radical (unpaired) electrons. The van der Waals surface area contributed by atoms with Crippen LogP contribution in [-0.4, -0.2) is 12.2 Å². The van der Waals surface area contributed by atoms with Gasteiger partial charge in [-0.05, 0) is 12.1 Å². The Labute approximate surface area is 75.2 Å². The van der Waals surface area contributed by atoms with Gasteiger partial charge in [-0.15, -0.1) is 0 Å². The largest absolute Gasteiger partial charge is 0.318 e. The maximum absolute atomic E-state index is 10.6. The van der Waals surface area contributed by atoms with Crippen molar-refractivity contribution in [3.8, 4) is 0 Å². The highest BCUT2D eigenvalue weighted by atomic mass is 32.1. The van der Waals surface area contributed by atoms with E-state index in [0.717, 1.165) is 0 Å². The first-order valence-corrected chi connectivity index (χ1v) is 3.67. The highest BCUT2D eigenvalue weighted by Gasteiger charge is 2.01. The van der Waals surface area contributed by atoms with Crippen LogP contribution in [0.4, 0.5) is 5.69 Å². The lowest BCUT2D eigenvalue weighted by Crippen LogP contribution is -2.12. The number of rotatable bonds is 2. The molecule has 1 aromatic rings. The van der Waals surface area contributed by atoms with Crippen molar-refractivity contribution in [3.05, 3.63) is 24.3 Å². The number of benzene rings is 1. The summed E-state index contributed by atoms with van der Waals surface area (Å²) < 4.78 is 0. The standard InChI is InChI=1S/C8H6NO2S/c10-5-8(11)9-6-3-1-2-4-7(6)12/h1-5H,(H,9,11). The van der Waals surface area contributed by atoms with Gasteiger partial charge >= 0.3 is 0 Å². The van der Waals surface area contributed by atoms with Crippen LogP contribution in [-0.2, 0) is 9.59 Å². The van der Waals surface area contributed by atoms with Gasteiger partial charge in [0.1, 0.15) is 0 Å². The molecule has 1 rings (SSSR count). The number of nitrogens with one attached hydrogen (secondary N) is 1. The molecule has 1 aromatic carbocycles. The second-order valence-corrected chi connectivity index (χ2v) is 2.54. The van der Waals surface area contributed by atoms with Crippen LogP contribution in [0.15, 0.2) is 29.2 Å². The molecule has 0 bridgehead atoms. The van der Waals surface area contributed by atoms with Gasteiger partial charge in [-0.1, -0.05) is 24.8 Å². The Bertz CT molecular complexity index is 312. The molecule has 61 valence electrons. The van der Waals surface area contributed by atoms with E-state index in [9.17, 15) is 9.59 Å². The number of para-hydroxylation sites is 1. The van der Waals surface area contributed by atoms with Gasteiger partial charge in [0.25, 0.3) is 5.91 Å². The van der Waals surface area contributed by atoms with Gasteiger partial charge in [-0.2, -0.15) is 0 Å². The normalized spacial score (nSPS) is 9.00.